The average Bonchev–Trinajstić information content (AvgIpc) is 2.45. The molecule has 0 saturated carbocycles. The summed E-state index contributed by atoms with van der Waals surface area (Å²) in [7, 11) is 0. The standard InChI is InChI=1S/C14H16N4O3/c15-13(19)3-1-2-8-16-14-7-4-10-9-11(18(20)21)5-6-12(10)17-14/h4-7,9H,1-3,8H2,(H2,15,19)(H,16,17). The number of aromatic nitrogens is 1. The van der Waals surface area contributed by atoms with Crippen molar-refractivity contribution in [2.75, 3.05) is 11.9 Å². The number of hydrogen-bond donors (Lipinski definition) is 2. The van der Waals surface area contributed by atoms with Crippen molar-refractivity contribution in [1.29, 1.82) is 0 Å². The number of unbranched alkanes of at least 4 members (excludes halogenated alkanes) is 1. The second kappa shape index (κ2) is 6.65. The van der Waals surface area contributed by atoms with Gasteiger partial charge in [-0.15, -0.1) is 0 Å². The van der Waals surface area contributed by atoms with E-state index in [-0.39, 0.29) is 11.6 Å². The van der Waals surface area contributed by atoms with Crippen LogP contribution in [-0.4, -0.2) is 22.4 Å². The van der Waals surface area contributed by atoms with E-state index in [0.29, 0.717) is 24.3 Å². The van der Waals surface area contributed by atoms with Gasteiger partial charge >= 0.3 is 0 Å². The lowest BCUT2D eigenvalue weighted by Crippen LogP contribution is -2.11. The first-order valence-electron chi connectivity index (χ1n) is 6.63. The summed E-state index contributed by atoms with van der Waals surface area (Å²) in [5, 5.41) is 14.6. The van der Waals surface area contributed by atoms with Crippen molar-refractivity contribution in [3.05, 3.63) is 40.4 Å². The predicted molar refractivity (Wildman–Crippen MR) is 79.9 cm³/mol. The molecule has 0 saturated heterocycles. The van der Waals surface area contributed by atoms with Crippen molar-refractivity contribution in [3.8, 4) is 0 Å². The van der Waals surface area contributed by atoms with Gasteiger partial charge in [-0.1, -0.05) is 0 Å². The molecule has 1 aromatic carbocycles. The second-order valence-corrected chi connectivity index (χ2v) is 4.68. The SMILES string of the molecule is NC(=O)CCCCNc1ccc2cc([N+](=O)[O-])ccc2n1. The molecule has 0 radical (unpaired) electrons. The van der Waals surface area contributed by atoms with Crippen LogP contribution in [-0.2, 0) is 4.79 Å². The molecule has 1 amide bonds. The number of carbonyl (C=O) groups is 1. The summed E-state index contributed by atoms with van der Waals surface area (Å²) in [6.07, 6.45) is 1.95. The molecule has 21 heavy (non-hydrogen) atoms. The number of nitro groups is 1. The Hall–Kier alpha value is -2.70. The molecule has 0 aliphatic rings. The number of benzene rings is 1. The van der Waals surface area contributed by atoms with Gasteiger partial charge in [-0.25, -0.2) is 4.98 Å². The van der Waals surface area contributed by atoms with Crippen molar-refractivity contribution < 1.29 is 9.72 Å². The highest BCUT2D eigenvalue weighted by Gasteiger charge is 2.07. The van der Waals surface area contributed by atoms with E-state index in [1.165, 1.54) is 12.1 Å². The molecule has 110 valence electrons. The van der Waals surface area contributed by atoms with Gasteiger partial charge in [0.15, 0.2) is 0 Å². The molecule has 1 aromatic heterocycles. The zero-order chi connectivity index (χ0) is 15.2. The number of amides is 1. The Bertz CT molecular complexity index is 672. The lowest BCUT2D eigenvalue weighted by molar-refractivity contribution is -0.384. The van der Waals surface area contributed by atoms with Crippen molar-refractivity contribution in [2.24, 2.45) is 5.73 Å². The second-order valence-electron chi connectivity index (χ2n) is 4.68. The van der Waals surface area contributed by atoms with Gasteiger partial charge in [0.1, 0.15) is 5.82 Å². The van der Waals surface area contributed by atoms with Crippen LogP contribution in [0.3, 0.4) is 0 Å². The molecule has 0 aliphatic heterocycles. The third-order valence-corrected chi connectivity index (χ3v) is 3.04. The highest BCUT2D eigenvalue weighted by Crippen LogP contribution is 2.21. The monoisotopic (exact) mass is 288 g/mol. The number of pyridine rings is 1. The Morgan fingerprint density at radius 1 is 1.29 bits per heavy atom. The Labute approximate surface area is 121 Å². The molecule has 2 rings (SSSR count). The van der Waals surface area contributed by atoms with Crippen LogP contribution in [0.2, 0.25) is 0 Å². The highest BCUT2D eigenvalue weighted by atomic mass is 16.6. The van der Waals surface area contributed by atoms with E-state index in [1.807, 2.05) is 0 Å². The first kappa shape index (κ1) is 14.7. The van der Waals surface area contributed by atoms with Gasteiger partial charge in [0.2, 0.25) is 5.91 Å². The van der Waals surface area contributed by atoms with Crippen molar-refractivity contribution in [1.82, 2.24) is 4.98 Å². The normalized spacial score (nSPS) is 10.5. The minimum absolute atomic E-state index is 0.0523. The minimum atomic E-state index is -0.426. The summed E-state index contributed by atoms with van der Waals surface area (Å²) in [4.78, 5) is 25.3. The van der Waals surface area contributed by atoms with Crippen LogP contribution >= 0.6 is 0 Å². The topological polar surface area (TPSA) is 111 Å². The van der Waals surface area contributed by atoms with Crippen LogP contribution in [0.15, 0.2) is 30.3 Å². The van der Waals surface area contributed by atoms with E-state index >= 15 is 0 Å². The van der Waals surface area contributed by atoms with Crippen LogP contribution in [0, 0.1) is 10.1 Å². The van der Waals surface area contributed by atoms with E-state index in [2.05, 4.69) is 10.3 Å². The Kier molecular flexibility index (Phi) is 4.65. The number of carbonyl (C=O) groups excluding carboxylic acids is 1. The zero-order valence-corrected chi connectivity index (χ0v) is 11.4. The Morgan fingerprint density at radius 2 is 2.10 bits per heavy atom. The maximum atomic E-state index is 10.7. The van der Waals surface area contributed by atoms with Crippen LogP contribution in [0.1, 0.15) is 19.3 Å². The number of nitro benzene ring substituents is 1. The number of primary amides is 1. The van der Waals surface area contributed by atoms with Crippen molar-refractivity contribution in [3.63, 3.8) is 0 Å². The molecule has 3 N–H and O–H groups in total. The van der Waals surface area contributed by atoms with Crippen LogP contribution in [0.4, 0.5) is 11.5 Å². The lowest BCUT2D eigenvalue weighted by atomic mass is 10.2. The Morgan fingerprint density at radius 3 is 2.81 bits per heavy atom. The van der Waals surface area contributed by atoms with Gasteiger partial charge in [0.05, 0.1) is 10.4 Å². The van der Waals surface area contributed by atoms with Crippen LogP contribution in [0.5, 0.6) is 0 Å². The molecular formula is C14H16N4O3. The molecule has 0 spiro atoms. The molecule has 1 heterocycles. The van der Waals surface area contributed by atoms with Crippen LogP contribution in [0.25, 0.3) is 10.9 Å². The molecule has 0 aliphatic carbocycles. The number of nitrogens with one attached hydrogen (secondary N) is 1. The largest absolute Gasteiger partial charge is 0.370 e. The third kappa shape index (κ3) is 4.13. The summed E-state index contributed by atoms with van der Waals surface area (Å²) in [5.74, 6) is 0.413. The number of hydrogen-bond acceptors (Lipinski definition) is 5. The maximum Gasteiger partial charge on any atom is 0.270 e. The maximum absolute atomic E-state index is 10.7. The first-order valence-corrected chi connectivity index (χ1v) is 6.63. The van der Waals surface area contributed by atoms with Gasteiger partial charge in [0.25, 0.3) is 5.69 Å². The number of nitrogens with zero attached hydrogens (tertiary/aromatic N) is 2. The van der Waals surface area contributed by atoms with E-state index in [9.17, 15) is 14.9 Å². The molecule has 0 unspecified atom stereocenters. The van der Waals surface area contributed by atoms with Gasteiger partial charge < -0.3 is 11.1 Å². The van der Waals surface area contributed by atoms with E-state index < -0.39 is 4.92 Å². The first-order chi connectivity index (χ1) is 10.1. The number of rotatable bonds is 7. The van der Waals surface area contributed by atoms with E-state index in [0.717, 1.165) is 18.2 Å². The predicted octanol–water partition coefficient (Wildman–Crippen LogP) is 2.21. The molecule has 0 atom stereocenters. The quantitative estimate of drug-likeness (QED) is 0.461. The fraction of sp³-hybridized carbons (Fsp3) is 0.286. The van der Waals surface area contributed by atoms with Gasteiger partial charge in [-0.2, -0.15) is 0 Å². The average molecular weight is 288 g/mol. The summed E-state index contributed by atoms with van der Waals surface area (Å²) >= 11 is 0. The van der Waals surface area contributed by atoms with Crippen molar-refractivity contribution >= 4 is 28.3 Å². The summed E-state index contributed by atoms with van der Waals surface area (Å²) in [6, 6.07) is 8.14. The van der Waals surface area contributed by atoms with E-state index in [1.54, 1.807) is 18.2 Å². The van der Waals surface area contributed by atoms with Gasteiger partial charge in [-0.3, -0.25) is 14.9 Å². The zero-order valence-electron chi connectivity index (χ0n) is 11.4. The summed E-state index contributed by atoms with van der Waals surface area (Å²) in [6.45, 7) is 0.693. The van der Waals surface area contributed by atoms with Gasteiger partial charge in [0, 0.05) is 30.5 Å². The van der Waals surface area contributed by atoms with E-state index in [4.69, 9.17) is 5.73 Å². The summed E-state index contributed by atoms with van der Waals surface area (Å²) < 4.78 is 0. The molecule has 0 bridgehead atoms. The minimum Gasteiger partial charge on any atom is -0.370 e. The highest BCUT2D eigenvalue weighted by molar-refractivity contribution is 5.82. The molecular weight excluding hydrogens is 272 g/mol. The molecule has 7 heteroatoms. The smallest absolute Gasteiger partial charge is 0.270 e. The molecule has 2 aromatic rings. The third-order valence-electron chi connectivity index (χ3n) is 3.04. The van der Waals surface area contributed by atoms with Gasteiger partial charge in [-0.05, 0) is 31.0 Å². The molecule has 0 fully saturated rings. The fourth-order valence-corrected chi connectivity index (χ4v) is 1.97. The van der Waals surface area contributed by atoms with Crippen LogP contribution < -0.4 is 11.1 Å². The molecule has 7 nitrogen and oxygen atoms in total. The number of nitrogens with two attached hydrogens (primary N) is 1. The summed E-state index contributed by atoms with van der Waals surface area (Å²) in [5.41, 5.74) is 5.81. The number of non-ortho nitro benzene ring substituents is 1. The fourth-order valence-electron chi connectivity index (χ4n) is 1.97. The lowest BCUT2D eigenvalue weighted by Gasteiger charge is -2.06. The van der Waals surface area contributed by atoms with Crippen molar-refractivity contribution in [2.45, 2.75) is 19.3 Å². The number of fused-ring (bicyclic) bond motifs is 1. The number of anilines is 1. The Balaban J connectivity index is 1.97.